The molecule has 9 aromatic carbocycles. The van der Waals surface area contributed by atoms with Gasteiger partial charge in [0.15, 0.2) is 0 Å². The molecule has 0 aliphatic rings. The van der Waals surface area contributed by atoms with Crippen LogP contribution in [0.15, 0.2) is 224 Å². The molecule has 0 aliphatic carbocycles. The first kappa shape index (κ1) is 32.0. The third-order valence-electron chi connectivity index (χ3n) is 10.1. The topological polar surface area (TPSA) is 3.24 Å². The van der Waals surface area contributed by atoms with Crippen molar-refractivity contribution in [1.82, 2.24) is 0 Å². The van der Waals surface area contributed by atoms with E-state index in [4.69, 9.17) is 0 Å². The van der Waals surface area contributed by atoms with E-state index in [1.54, 1.807) is 0 Å². The highest BCUT2D eigenvalue weighted by Gasteiger charge is 2.16. The Kier molecular flexibility index (Phi) is 8.66. The molecule has 9 rings (SSSR count). The molecule has 1 nitrogen and oxygen atoms in total. The van der Waals surface area contributed by atoms with E-state index in [0.29, 0.717) is 0 Å². The van der Waals surface area contributed by atoms with Crippen molar-refractivity contribution >= 4 is 27.8 Å². The molecule has 0 spiro atoms. The Balaban J connectivity index is 1.10. The van der Waals surface area contributed by atoms with Gasteiger partial charge in [-0.3, -0.25) is 0 Å². The van der Waals surface area contributed by atoms with Gasteiger partial charge < -0.3 is 4.90 Å². The number of nitrogens with zero attached hydrogens (tertiary/aromatic N) is 1. The molecule has 0 aliphatic heterocycles. The first-order valence-corrected chi connectivity index (χ1v) is 18.2. The van der Waals surface area contributed by atoms with Gasteiger partial charge in [0.25, 0.3) is 0 Å². The van der Waals surface area contributed by atoms with Crippen molar-refractivity contribution in [3.8, 4) is 55.6 Å². The predicted octanol–water partition coefficient (Wildman–Crippen LogP) is 14.6. The first-order chi connectivity index (χ1) is 26.3. The highest BCUT2D eigenvalue weighted by molar-refractivity contribution is 5.98. The average molecular weight is 676 g/mol. The zero-order chi connectivity index (χ0) is 35.4. The second-order valence-corrected chi connectivity index (χ2v) is 13.4. The van der Waals surface area contributed by atoms with Gasteiger partial charge >= 0.3 is 0 Å². The minimum absolute atomic E-state index is 1.10. The molecular formula is C52H37N. The fraction of sp³-hybridized carbons (Fsp3) is 0. The Morgan fingerprint density at radius 1 is 0.226 bits per heavy atom. The minimum atomic E-state index is 1.10. The summed E-state index contributed by atoms with van der Waals surface area (Å²) in [5.41, 5.74) is 15.4. The van der Waals surface area contributed by atoms with Crippen LogP contribution in [0.25, 0.3) is 66.4 Å². The van der Waals surface area contributed by atoms with Crippen LogP contribution < -0.4 is 4.90 Å². The van der Waals surface area contributed by atoms with E-state index in [-0.39, 0.29) is 0 Å². The highest BCUT2D eigenvalue weighted by Crippen LogP contribution is 2.40. The Labute approximate surface area is 311 Å². The summed E-state index contributed by atoms with van der Waals surface area (Å²) in [6.07, 6.45) is 0. The zero-order valence-corrected chi connectivity index (χ0v) is 29.3. The summed E-state index contributed by atoms with van der Waals surface area (Å²) in [4.78, 5) is 2.35. The van der Waals surface area contributed by atoms with Crippen LogP contribution in [0.3, 0.4) is 0 Å². The zero-order valence-electron chi connectivity index (χ0n) is 29.3. The summed E-state index contributed by atoms with van der Waals surface area (Å²) in [7, 11) is 0. The molecule has 0 bridgehead atoms. The number of rotatable bonds is 8. The molecule has 250 valence electrons. The Hall–Kier alpha value is -6.96. The van der Waals surface area contributed by atoms with Crippen molar-refractivity contribution in [1.29, 1.82) is 0 Å². The number of hydrogen-bond acceptors (Lipinski definition) is 1. The maximum atomic E-state index is 2.35. The molecule has 0 unspecified atom stereocenters. The van der Waals surface area contributed by atoms with Crippen LogP contribution >= 0.6 is 0 Å². The van der Waals surface area contributed by atoms with Crippen molar-refractivity contribution in [2.45, 2.75) is 0 Å². The molecule has 0 saturated heterocycles. The second kappa shape index (κ2) is 14.3. The van der Waals surface area contributed by atoms with Gasteiger partial charge in [-0.25, -0.2) is 0 Å². The van der Waals surface area contributed by atoms with Crippen molar-refractivity contribution in [2.75, 3.05) is 4.90 Å². The lowest BCUT2D eigenvalue weighted by Crippen LogP contribution is -2.10. The molecule has 0 amide bonds. The molecule has 1 heteroatoms. The molecule has 9 aromatic rings. The van der Waals surface area contributed by atoms with E-state index < -0.39 is 0 Å². The van der Waals surface area contributed by atoms with E-state index in [1.807, 2.05) is 0 Å². The fourth-order valence-electron chi connectivity index (χ4n) is 7.44. The lowest BCUT2D eigenvalue weighted by molar-refractivity contribution is 1.28. The summed E-state index contributed by atoms with van der Waals surface area (Å²) in [6.45, 7) is 0. The molecule has 0 N–H and O–H groups in total. The van der Waals surface area contributed by atoms with Gasteiger partial charge in [-0.05, 0) is 109 Å². The third-order valence-corrected chi connectivity index (χ3v) is 10.1. The maximum absolute atomic E-state index is 2.35. The van der Waals surface area contributed by atoms with E-state index in [9.17, 15) is 0 Å². The van der Waals surface area contributed by atoms with E-state index >= 15 is 0 Å². The Morgan fingerprint density at radius 2 is 0.660 bits per heavy atom. The summed E-state index contributed by atoms with van der Waals surface area (Å²) >= 11 is 0. The molecule has 0 radical (unpaired) electrons. The first-order valence-electron chi connectivity index (χ1n) is 18.2. The largest absolute Gasteiger partial charge is 0.310 e. The lowest BCUT2D eigenvalue weighted by atomic mass is 9.91. The third kappa shape index (κ3) is 6.53. The molecule has 0 saturated carbocycles. The van der Waals surface area contributed by atoms with Crippen LogP contribution in [-0.2, 0) is 0 Å². The van der Waals surface area contributed by atoms with Crippen molar-refractivity contribution in [3.63, 3.8) is 0 Å². The van der Waals surface area contributed by atoms with Crippen LogP contribution in [0, 0.1) is 0 Å². The second-order valence-electron chi connectivity index (χ2n) is 13.4. The highest BCUT2D eigenvalue weighted by atomic mass is 15.1. The fourth-order valence-corrected chi connectivity index (χ4v) is 7.44. The van der Waals surface area contributed by atoms with Crippen LogP contribution in [0.4, 0.5) is 17.1 Å². The van der Waals surface area contributed by atoms with Gasteiger partial charge in [-0.1, -0.05) is 182 Å². The van der Waals surface area contributed by atoms with Crippen molar-refractivity contribution < 1.29 is 0 Å². The minimum Gasteiger partial charge on any atom is -0.310 e. The number of benzene rings is 9. The van der Waals surface area contributed by atoms with Gasteiger partial charge in [0.05, 0.1) is 0 Å². The molecule has 53 heavy (non-hydrogen) atoms. The van der Waals surface area contributed by atoms with Crippen LogP contribution in [0.5, 0.6) is 0 Å². The van der Waals surface area contributed by atoms with Crippen LogP contribution in [0.1, 0.15) is 0 Å². The van der Waals surface area contributed by atoms with Gasteiger partial charge in [0.2, 0.25) is 0 Å². The van der Waals surface area contributed by atoms with E-state index in [2.05, 4.69) is 229 Å². The van der Waals surface area contributed by atoms with E-state index in [0.717, 1.165) is 17.1 Å². The van der Waals surface area contributed by atoms with Crippen LogP contribution in [0.2, 0.25) is 0 Å². The summed E-state index contributed by atoms with van der Waals surface area (Å²) < 4.78 is 0. The maximum Gasteiger partial charge on any atom is 0.0467 e. The van der Waals surface area contributed by atoms with Crippen LogP contribution in [-0.4, -0.2) is 0 Å². The number of fused-ring (bicyclic) bond motifs is 1. The normalized spacial score (nSPS) is 11.0. The van der Waals surface area contributed by atoms with E-state index in [1.165, 1.54) is 66.4 Å². The molecule has 0 aromatic heterocycles. The molecule has 0 heterocycles. The molecule has 0 atom stereocenters. The standard InChI is InChI=1S/C52H37N/c1-3-14-38(15-4-1)40-28-32-46(33-29-40)53(48-23-12-20-43(37-48)39-16-5-2-6-17-39)47-34-30-42(31-35-47)50-25-9-10-26-51(50)44-21-11-22-45(36-44)52-27-13-19-41-18-7-8-24-49(41)52/h1-37H. The summed E-state index contributed by atoms with van der Waals surface area (Å²) in [5, 5.41) is 2.52. The van der Waals surface area contributed by atoms with Crippen molar-refractivity contribution in [3.05, 3.63) is 224 Å². The number of hydrogen-bond donors (Lipinski definition) is 0. The lowest BCUT2D eigenvalue weighted by Gasteiger charge is -2.26. The van der Waals surface area contributed by atoms with Gasteiger partial charge in [0, 0.05) is 17.1 Å². The quantitative estimate of drug-likeness (QED) is 0.155. The van der Waals surface area contributed by atoms with Crippen molar-refractivity contribution in [2.24, 2.45) is 0 Å². The Morgan fingerprint density at radius 3 is 1.36 bits per heavy atom. The predicted molar refractivity (Wildman–Crippen MR) is 226 cm³/mol. The van der Waals surface area contributed by atoms with Gasteiger partial charge in [-0.2, -0.15) is 0 Å². The van der Waals surface area contributed by atoms with Gasteiger partial charge in [-0.15, -0.1) is 0 Å². The summed E-state index contributed by atoms with van der Waals surface area (Å²) in [6, 6.07) is 80.8. The van der Waals surface area contributed by atoms with Gasteiger partial charge in [0.1, 0.15) is 0 Å². The SMILES string of the molecule is c1ccc(-c2ccc(N(c3ccc(-c4ccccc4-c4cccc(-c5cccc6ccccc56)c4)cc3)c3cccc(-c4ccccc4)c3)cc2)cc1. The smallest absolute Gasteiger partial charge is 0.0467 e. The Bertz CT molecular complexity index is 2640. The monoisotopic (exact) mass is 675 g/mol. The molecular weight excluding hydrogens is 639 g/mol. The summed E-state index contributed by atoms with van der Waals surface area (Å²) in [5.74, 6) is 0. The number of anilines is 3. The average Bonchev–Trinajstić information content (AvgIpc) is 3.25. The molecule has 0 fully saturated rings.